The van der Waals surface area contributed by atoms with E-state index >= 15 is 0 Å². The molecular formula is C37H29FN6O3. The van der Waals surface area contributed by atoms with E-state index in [1.165, 1.54) is 16.8 Å². The molecule has 2 aromatic heterocycles. The van der Waals surface area contributed by atoms with Crippen molar-refractivity contribution < 1.29 is 13.9 Å². The number of nitrogens with zero attached hydrogens (tertiary/aromatic N) is 5. The molecule has 47 heavy (non-hydrogen) atoms. The van der Waals surface area contributed by atoms with Gasteiger partial charge < -0.3 is 10.1 Å². The second kappa shape index (κ2) is 13.3. The van der Waals surface area contributed by atoms with Crippen molar-refractivity contribution in [2.75, 3.05) is 5.32 Å². The summed E-state index contributed by atoms with van der Waals surface area (Å²) in [7, 11) is 1.72. The van der Waals surface area contributed by atoms with Gasteiger partial charge in [-0.2, -0.15) is 10.4 Å². The van der Waals surface area contributed by atoms with Gasteiger partial charge in [0, 0.05) is 29.9 Å². The summed E-state index contributed by atoms with van der Waals surface area (Å²) >= 11 is 0. The number of carbonyl (C=O) groups is 1. The number of hydrogen-bond donors (Lipinski definition) is 1. The number of amides is 1. The van der Waals surface area contributed by atoms with Crippen LogP contribution in [-0.4, -0.2) is 25.1 Å². The molecule has 0 spiro atoms. The van der Waals surface area contributed by atoms with Crippen LogP contribution in [0.2, 0.25) is 0 Å². The van der Waals surface area contributed by atoms with Crippen LogP contribution in [0.15, 0.2) is 126 Å². The molecule has 2 heterocycles. The molecule has 0 bridgehead atoms. The summed E-state index contributed by atoms with van der Waals surface area (Å²) in [5, 5.41) is 17.5. The zero-order valence-electron chi connectivity index (χ0n) is 25.6. The van der Waals surface area contributed by atoms with Crippen LogP contribution in [0, 0.1) is 24.1 Å². The number of ether oxygens (including phenoxy) is 1. The molecule has 0 radical (unpaired) electrons. The zero-order valence-corrected chi connectivity index (χ0v) is 25.6. The Kier molecular flexibility index (Phi) is 8.62. The third kappa shape index (κ3) is 6.36. The van der Waals surface area contributed by atoms with E-state index in [2.05, 4.69) is 5.32 Å². The number of halogens is 1. The molecule has 6 rings (SSSR count). The maximum absolute atomic E-state index is 14.2. The first-order valence-electron chi connectivity index (χ1n) is 14.7. The van der Waals surface area contributed by atoms with Crippen molar-refractivity contribution in [3.05, 3.63) is 154 Å². The number of aromatic nitrogens is 4. The molecule has 1 N–H and O–H groups in total. The number of carbonyl (C=O) groups excluding carboxylic acids is 1. The zero-order chi connectivity index (χ0) is 32.9. The predicted molar refractivity (Wildman–Crippen MR) is 178 cm³/mol. The van der Waals surface area contributed by atoms with Gasteiger partial charge in [0.05, 0.1) is 17.1 Å². The molecule has 0 fully saturated rings. The van der Waals surface area contributed by atoms with E-state index in [4.69, 9.17) is 9.84 Å². The van der Waals surface area contributed by atoms with Gasteiger partial charge in [0.1, 0.15) is 41.2 Å². The van der Waals surface area contributed by atoms with Crippen LogP contribution in [0.5, 0.6) is 5.75 Å². The number of para-hydroxylation sites is 2. The summed E-state index contributed by atoms with van der Waals surface area (Å²) in [6.45, 7) is 1.75. The van der Waals surface area contributed by atoms with Crippen LogP contribution in [0.3, 0.4) is 0 Å². The Hall–Kier alpha value is -6.47. The fourth-order valence-corrected chi connectivity index (χ4v) is 5.14. The smallest absolute Gasteiger partial charge is 0.295 e. The van der Waals surface area contributed by atoms with E-state index < -0.39 is 11.5 Å². The highest BCUT2D eigenvalue weighted by atomic mass is 19.1. The standard InChI is InChI=1S/C37H29FN6O3/c1-25-34(37(46)44(42(25)2)31-16-7-4-8-17-31)40-36(45)28(22-39)20-29-23-43(30-14-5-3-6-15-30)41-35(29)26-13-11-18-32(21-26)47-24-27-12-9-10-19-33(27)38/h3-21,23H,24H2,1-2H3,(H,40,45)/b28-20-. The van der Waals surface area contributed by atoms with Crippen LogP contribution in [-0.2, 0) is 18.4 Å². The Labute approximate surface area is 270 Å². The largest absolute Gasteiger partial charge is 0.489 e. The Morgan fingerprint density at radius 2 is 1.64 bits per heavy atom. The highest BCUT2D eigenvalue weighted by molar-refractivity contribution is 6.10. The lowest BCUT2D eigenvalue weighted by Crippen LogP contribution is -2.23. The maximum Gasteiger partial charge on any atom is 0.295 e. The van der Waals surface area contributed by atoms with Crippen LogP contribution >= 0.6 is 0 Å². The molecule has 0 saturated carbocycles. The van der Waals surface area contributed by atoms with E-state index in [0.29, 0.717) is 39.5 Å². The first kappa shape index (κ1) is 30.6. The first-order valence-corrected chi connectivity index (χ1v) is 14.7. The lowest BCUT2D eigenvalue weighted by Gasteiger charge is -2.09. The molecule has 0 aliphatic rings. The van der Waals surface area contributed by atoms with Gasteiger partial charge in [0.25, 0.3) is 11.5 Å². The van der Waals surface area contributed by atoms with E-state index in [9.17, 15) is 19.2 Å². The highest BCUT2D eigenvalue weighted by Crippen LogP contribution is 2.29. The molecule has 0 saturated heterocycles. The van der Waals surface area contributed by atoms with E-state index in [0.717, 1.165) is 5.69 Å². The lowest BCUT2D eigenvalue weighted by atomic mass is 10.1. The predicted octanol–water partition coefficient (Wildman–Crippen LogP) is 6.60. The summed E-state index contributed by atoms with van der Waals surface area (Å²) < 4.78 is 24.8. The normalized spacial score (nSPS) is 11.2. The third-order valence-electron chi connectivity index (χ3n) is 7.68. The molecule has 9 nitrogen and oxygen atoms in total. The van der Waals surface area contributed by atoms with E-state index in [1.807, 2.05) is 60.7 Å². The number of rotatable bonds is 9. The average molecular weight is 625 g/mol. The molecule has 1 amide bonds. The van der Waals surface area contributed by atoms with Gasteiger partial charge in [-0.3, -0.25) is 14.3 Å². The highest BCUT2D eigenvalue weighted by Gasteiger charge is 2.21. The molecule has 0 atom stereocenters. The Balaban J connectivity index is 1.35. The number of hydrogen-bond acceptors (Lipinski definition) is 5. The molecule has 232 valence electrons. The van der Waals surface area contributed by atoms with Crippen molar-refractivity contribution in [3.8, 4) is 34.5 Å². The molecule has 0 aliphatic carbocycles. The van der Waals surface area contributed by atoms with Crippen molar-refractivity contribution in [3.63, 3.8) is 0 Å². The summed E-state index contributed by atoms with van der Waals surface area (Å²) in [6.07, 6.45) is 3.16. The first-order chi connectivity index (χ1) is 22.8. The third-order valence-corrected chi connectivity index (χ3v) is 7.68. The molecule has 4 aromatic carbocycles. The van der Waals surface area contributed by atoms with Gasteiger partial charge in [0.2, 0.25) is 0 Å². The van der Waals surface area contributed by atoms with E-state index in [1.54, 1.807) is 78.1 Å². The minimum atomic E-state index is -0.737. The van der Waals surface area contributed by atoms with Gasteiger partial charge in [-0.25, -0.2) is 13.8 Å². The molecule has 10 heteroatoms. The molecule has 6 aromatic rings. The van der Waals surface area contributed by atoms with Gasteiger partial charge in [-0.15, -0.1) is 0 Å². The van der Waals surface area contributed by atoms with E-state index in [-0.39, 0.29) is 23.7 Å². The van der Waals surface area contributed by atoms with Gasteiger partial charge in [0.15, 0.2) is 0 Å². The second-order valence-corrected chi connectivity index (χ2v) is 10.7. The average Bonchev–Trinajstić information content (AvgIpc) is 3.62. The van der Waals surface area contributed by atoms with Crippen molar-refractivity contribution in [1.82, 2.24) is 19.1 Å². The Morgan fingerprint density at radius 3 is 2.34 bits per heavy atom. The summed E-state index contributed by atoms with van der Waals surface area (Å²) in [5.41, 5.74) is 3.39. The number of anilines is 1. The van der Waals surface area contributed by atoms with Gasteiger partial charge >= 0.3 is 0 Å². The lowest BCUT2D eigenvalue weighted by molar-refractivity contribution is -0.112. The van der Waals surface area contributed by atoms with Crippen LogP contribution in [0.4, 0.5) is 10.1 Å². The summed E-state index contributed by atoms with van der Waals surface area (Å²) in [5.74, 6) is -0.606. The molecule has 0 aliphatic heterocycles. The minimum Gasteiger partial charge on any atom is -0.489 e. The number of benzene rings is 4. The monoisotopic (exact) mass is 624 g/mol. The van der Waals surface area contributed by atoms with Gasteiger partial charge in [-0.05, 0) is 55.5 Å². The topological polar surface area (TPSA) is 107 Å². The van der Waals surface area contributed by atoms with Crippen molar-refractivity contribution >= 4 is 17.7 Å². The Bertz CT molecular complexity index is 2210. The number of nitrogens with one attached hydrogen (secondary N) is 1. The van der Waals surface area contributed by atoms with Crippen molar-refractivity contribution in [1.29, 1.82) is 5.26 Å². The summed E-state index contributed by atoms with van der Waals surface area (Å²) in [4.78, 5) is 26.9. The van der Waals surface area contributed by atoms with Crippen LogP contribution in [0.25, 0.3) is 28.7 Å². The van der Waals surface area contributed by atoms with Gasteiger partial charge in [-0.1, -0.05) is 66.7 Å². The Morgan fingerprint density at radius 1 is 0.957 bits per heavy atom. The molecule has 0 unspecified atom stereocenters. The second-order valence-electron chi connectivity index (χ2n) is 10.7. The van der Waals surface area contributed by atoms with Crippen molar-refractivity contribution in [2.24, 2.45) is 7.05 Å². The summed E-state index contributed by atoms with van der Waals surface area (Å²) in [6, 6.07) is 34.0. The fourth-order valence-electron chi connectivity index (χ4n) is 5.14. The number of nitriles is 1. The van der Waals surface area contributed by atoms with Crippen LogP contribution < -0.4 is 15.6 Å². The fraction of sp³-hybridized carbons (Fsp3) is 0.0811. The van der Waals surface area contributed by atoms with Crippen molar-refractivity contribution in [2.45, 2.75) is 13.5 Å². The maximum atomic E-state index is 14.2. The molecular weight excluding hydrogens is 595 g/mol. The van der Waals surface area contributed by atoms with Crippen LogP contribution in [0.1, 0.15) is 16.8 Å². The minimum absolute atomic E-state index is 0.0327. The SMILES string of the molecule is Cc1c(NC(=O)/C(C#N)=C\c2cn(-c3ccccc3)nc2-c2cccc(OCc3ccccc3F)c2)c(=O)n(-c2ccccc2)n1C. The quantitative estimate of drug-likeness (QED) is 0.144.